The van der Waals surface area contributed by atoms with E-state index in [1.54, 1.807) is 7.11 Å². The lowest BCUT2D eigenvalue weighted by molar-refractivity contribution is 0.415. The van der Waals surface area contributed by atoms with Crippen LogP contribution in [0.25, 0.3) is 0 Å². The molecule has 0 aromatic heterocycles. The van der Waals surface area contributed by atoms with Crippen molar-refractivity contribution in [1.82, 2.24) is 5.43 Å². The lowest BCUT2D eigenvalue weighted by Crippen LogP contribution is -2.29. The quantitative estimate of drug-likeness (QED) is 0.356. The van der Waals surface area contributed by atoms with E-state index in [1.807, 2.05) is 18.2 Å². The molecule has 0 atom stereocenters. The van der Waals surface area contributed by atoms with Gasteiger partial charge in [0.05, 0.1) is 12.8 Å². The normalized spacial score (nSPS) is 13.6. The van der Waals surface area contributed by atoms with Gasteiger partial charge < -0.3 is 9.64 Å². The number of unbranched alkanes of at least 4 members (excludes halogenated alkanes) is 10. The molecule has 152 valence electrons. The van der Waals surface area contributed by atoms with Crippen molar-refractivity contribution in [2.45, 2.75) is 84.0 Å². The van der Waals surface area contributed by atoms with Crippen LogP contribution in [0.3, 0.4) is 0 Å². The molecule has 0 aliphatic carbocycles. The molecule has 1 aromatic carbocycles. The van der Waals surface area contributed by atoms with Crippen molar-refractivity contribution in [2.24, 2.45) is 5.10 Å². The zero-order valence-electron chi connectivity index (χ0n) is 17.1. The van der Waals surface area contributed by atoms with Gasteiger partial charge in [0.25, 0.3) is 0 Å². The molecule has 0 bridgehead atoms. The zero-order valence-corrected chi connectivity index (χ0v) is 17.9. The smallest absolute Gasteiger partial charge is 0.142 e. The molecule has 4 nitrogen and oxygen atoms in total. The highest BCUT2D eigenvalue weighted by Gasteiger charge is 2.21. The average Bonchev–Trinajstić information content (AvgIpc) is 3.14. The van der Waals surface area contributed by atoms with Crippen LogP contribution < -0.4 is 15.1 Å². The molecule has 5 heteroatoms. The molecule has 1 aliphatic rings. The van der Waals surface area contributed by atoms with Crippen LogP contribution in [0.15, 0.2) is 23.3 Å². The Labute approximate surface area is 170 Å². The Morgan fingerprint density at radius 1 is 1.00 bits per heavy atom. The van der Waals surface area contributed by atoms with E-state index in [2.05, 4.69) is 22.4 Å². The molecule has 1 heterocycles. The van der Waals surface area contributed by atoms with Crippen molar-refractivity contribution in [3.63, 3.8) is 0 Å². The molecule has 0 fully saturated rings. The van der Waals surface area contributed by atoms with Gasteiger partial charge in [-0.1, -0.05) is 82.7 Å². The minimum absolute atomic E-state index is 0.671. The monoisotopic (exact) mass is 393 g/mol. The summed E-state index contributed by atoms with van der Waals surface area (Å²) in [5, 5.41) is 5.19. The van der Waals surface area contributed by atoms with Gasteiger partial charge in [-0.3, -0.25) is 5.43 Å². The van der Waals surface area contributed by atoms with Crippen LogP contribution in [0.2, 0.25) is 5.02 Å². The predicted molar refractivity (Wildman–Crippen MR) is 117 cm³/mol. The van der Waals surface area contributed by atoms with Gasteiger partial charge in [-0.15, -0.1) is 0 Å². The zero-order chi connectivity index (χ0) is 19.3. The Morgan fingerprint density at radius 2 is 1.63 bits per heavy atom. The highest BCUT2D eigenvalue weighted by molar-refractivity contribution is 6.31. The van der Waals surface area contributed by atoms with Gasteiger partial charge in [0.15, 0.2) is 0 Å². The van der Waals surface area contributed by atoms with Crippen molar-refractivity contribution >= 4 is 23.1 Å². The Hall–Kier alpha value is -1.42. The maximum atomic E-state index is 6.18. The summed E-state index contributed by atoms with van der Waals surface area (Å²) >= 11 is 6.18. The fourth-order valence-corrected chi connectivity index (χ4v) is 3.75. The van der Waals surface area contributed by atoms with Crippen LogP contribution in [-0.2, 0) is 0 Å². The van der Waals surface area contributed by atoms with E-state index in [4.69, 9.17) is 16.3 Å². The number of halogens is 1. The summed E-state index contributed by atoms with van der Waals surface area (Å²) in [6.45, 7) is 2.95. The van der Waals surface area contributed by atoms with Gasteiger partial charge in [0.1, 0.15) is 18.3 Å². The van der Waals surface area contributed by atoms with E-state index in [9.17, 15) is 0 Å². The molecule has 1 N–H and O–H groups in total. The summed E-state index contributed by atoms with van der Waals surface area (Å²) < 4.78 is 5.49. The molecule has 0 unspecified atom stereocenters. The highest BCUT2D eigenvalue weighted by atomic mass is 35.5. The van der Waals surface area contributed by atoms with E-state index in [0.29, 0.717) is 11.7 Å². The minimum atomic E-state index is 0.671. The summed E-state index contributed by atoms with van der Waals surface area (Å²) in [7, 11) is 1.69. The number of hydrazone groups is 1. The van der Waals surface area contributed by atoms with Gasteiger partial charge in [-0.25, -0.2) is 0 Å². The van der Waals surface area contributed by atoms with Crippen LogP contribution in [0.5, 0.6) is 5.75 Å². The first-order valence-electron chi connectivity index (χ1n) is 10.7. The Kier molecular flexibility index (Phi) is 10.4. The number of benzene rings is 1. The van der Waals surface area contributed by atoms with Crippen molar-refractivity contribution in [3.05, 3.63) is 23.2 Å². The average molecular weight is 394 g/mol. The van der Waals surface area contributed by atoms with Crippen LogP contribution in [0, 0.1) is 0 Å². The summed E-state index contributed by atoms with van der Waals surface area (Å²) in [5.74, 6) is 1.90. The third kappa shape index (κ3) is 7.61. The molecule has 0 saturated heterocycles. The molecule has 1 aromatic rings. The minimum Gasteiger partial charge on any atom is -0.495 e. The van der Waals surface area contributed by atoms with Crippen molar-refractivity contribution in [1.29, 1.82) is 0 Å². The first-order chi connectivity index (χ1) is 13.3. The summed E-state index contributed by atoms with van der Waals surface area (Å²) in [5.41, 5.74) is 4.08. The summed E-state index contributed by atoms with van der Waals surface area (Å²) in [6, 6.07) is 5.72. The first-order valence-corrected chi connectivity index (χ1v) is 11.0. The third-order valence-corrected chi connectivity index (χ3v) is 5.42. The number of anilines is 1. The Bertz CT molecular complexity index is 577. The van der Waals surface area contributed by atoms with Gasteiger partial charge in [-0.2, -0.15) is 5.10 Å². The van der Waals surface area contributed by atoms with E-state index in [-0.39, 0.29) is 0 Å². The van der Waals surface area contributed by atoms with Crippen LogP contribution >= 0.6 is 11.6 Å². The number of hydrogen-bond donors (Lipinski definition) is 1. The predicted octanol–water partition coefficient (Wildman–Crippen LogP) is 6.73. The molecular formula is C22H36ClN3O. The number of hydrogen-bond acceptors (Lipinski definition) is 4. The molecule has 27 heavy (non-hydrogen) atoms. The summed E-state index contributed by atoms with van der Waals surface area (Å²) in [4.78, 5) is 2.17. The van der Waals surface area contributed by atoms with E-state index >= 15 is 0 Å². The van der Waals surface area contributed by atoms with Gasteiger partial charge in [-0.05, 0) is 24.6 Å². The fourth-order valence-electron chi connectivity index (χ4n) is 3.59. The van der Waals surface area contributed by atoms with Crippen LogP contribution in [0.1, 0.15) is 84.0 Å². The Morgan fingerprint density at radius 3 is 2.26 bits per heavy atom. The standard InChI is InChI=1S/C22H36ClN3O/c1-3-4-5-6-7-8-9-10-11-12-13-14-22-25-24-18-26(22)20-17-19(23)15-16-21(20)27-2/h15-17,24H,3-14,18H2,1-2H3. The van der Waals surface area contributed by atoms with Gasteiger partial charge in [0, 0.05) is 11.4 Å². The van der Waals surface area contributed by atoms with Crippen LogP contribution in [0.4, 0.5) is 5.69 Å². The van der Waals surface area contributed by atoms with Gasteiger partial charge >= 0.3 is 0 Å². The third-order valence-electron chi connectivity index (χ3n) is 5.18. The molecule has 0 spiro atoms. The number of rotatable bonds is 14. The maximum Gasteiger partial charge on any atom is 0.142 e. The van der Waals surface area contributed by atoms with Crippen molar-refractivity contribution < 1.29 is 4.74 Å². The molecular weight excluding hydrogens is 358 g/mol. The second kappa shape index (κ2) is 12.9. The number of amidine groups is 1. The van der Waals surface area contributed by atoms with Crippen molar-refractivity contribution in [3.8, 4) is 5.75 Å². The molecule has 1 aliphatic heterocycles. The van der Waals surface area contributed by atoms with Crippen molar-refractivity contribution in [2.75, 3.05) is 18.7 Å². The largest absolute Gasteiger partial charge is 0.495 e. The molecule has 0 amide bonds. The SMILES string of the molecule is CCCCCCCCCCCCCC1=NNCN1c1cc(Cl)ccc1OC. The molecule has 0 radical (unpaired) electrons. The number of ether oxygens (including phenoxy) is 1. The van der Waals surface area contributed by atoms with E-state index in [1.165, 1.54) is 70.6 Å². The van der Waals surface area contributed by atoms with Crippen LogP contribution in [-0.4, -0.2) is 19.6 Å². The number of nitrogens with one attached hydrogen (secondary N) is 1. The maximum absolute atomic E-state index is 6.18. The fraction of sp³-hybridized carbons (Fsp3) is 0.682. The summed E-state index contributed by atoms with van der Waals surface area (Å²) in [6.07, 6.45) is 15.9. The second-order valence-electron chi connectivity index (χ2n) is 7.37. The topological polar surface area (TPSA) is 36.9 Å². The molecule has 2 rings (SSSR count). The van der Waals surface area contributed by atoms with Gasteiger partial charge in [0.2, 0.25) is 0 Å². The molecule has 0 saturated carbocycles. The first kappa shape index (κ1) is 21.9. The Balaban J connectivity index is 1.63. The number of nitrogens with zero attached hydrogens (tertiary/aromatic N) is 2. The number of methoxy groups -OCH3 is 1. The highest BCUT2D eigenvalue weighted by Crippen LogP contribution is 2.32. The second-order valence-corrected chi connectivity index (χ2v) is 7.81. The lowest BCUT2D eigenvalue weighted by atomic mass is 10.0. The van der Waals surface area contributed by atoms with E-state index < -0.39 is 0 Å². The van der Waals surface area contributed by atoms with E-state index in [0.717, 1.165) is 23.7 Å². The lowest BCUT2D eigenvalue weighted by Gasteiger charge is -2.22.